The largest absolute Gasteiger partial charge is 0.493 e. The molecule has 0 amide bonds. The lowest BCUT2D eigenvalue weighted by Gasteiger charge is -2.26. The van der Waals surface area contributed by atoms with Gasteiger partial charge in [0.05, 0.1) is 24.8 Å². The Hall–Kier alpha value is -4.78. The predicted molar refractivity (Wildman–Crippen MR) is 106 cm³/mol. The van der Waals surface area contributed by atoms with Gasteiger partial charge in [0.1, 0.15) is 29.3 Å². The number of nitrogen functional groups attached to an aromatic ring is 2. The van der Waals surface area contributed by atoms with E-state index in [2.05, 4.69) is 20.6 Å². The summed E-state index contributed by atoms with van der Waals surface area (Å²) in [4.78, 5) is 19.4. The first-order valence-electron chi connectivity index (χ1n) is 8.25. The molecule has 1 aromatic heterocycles. The van der Waals surface area contributed by atoms with Gasteiger partial charge in [-0.2, -0.15) is 10.5 Å². The number of anilines is 3. The summed E-state index contributed by atoms with van der Waals surface area (Å²) in [5.41, 5.74) is 12.1. The summed E-state index contributed by atoms with van der Waals surface area (Å²) in [5.74, 6) is 0.0780. The molecule has 13 heteroatoms. The maximum absolute atomic E-state index is 11.6. The van der Waals surface area contributed by atoms with E-state index in [9.17, 15) is 15.4 Å². The Bertz CT molecular complexity index is 1160. The summed E-state index contributed by atoms with van der Waals surface area (Å²) in [7, 11) is 2.61. The van der Waals surface area contributed by atoms with Gasteiger partial charge in [-0.05, 0) is 11.6 Å². The SMILES string of the molecule is COc1cc(C2N=C(NC#N)Nc3nc(N)c(C#N)c(N)c32)cc([N+](=O)[O-])c1OC. The van der Waals surface area contributed by atoms with Crippen molar-refractivity contribution in [2.24, 2.45) is 4.99 Å². The molecule has 30 heavy (non-hydrogen) atoms. The van der Waals surface area contributed by atoms with Crippen molar-refractivity contribution in [1.29, 1.82) is 10.5 Å². The summed E-state index contributed by atoms with van der Waals surface area (Å²) in [5, 5.41) is 35.0. The van der Waals surface area contributed by atoms with Gasteiger partial charge in [-0.25, -0.2) is 9.98 Å². The monoisotopic (exact) mass is 409 g/mol. The molecule has 0 aliphatic carbocycles. The number of rotatable bonds is 4. The number of nitro benzene ring substituents is 1. The molecule has 0 spiro atoms. The number of pyridine rings is 1. The summed E-state index contributed by atoms with van der Waals surface area (Å²) >= 11 is 0. The number of guanidine groups is 1. The normalized spacial score (nSPS) is 14.3. The number of ether oxygens (including phenoxy) is 2. The van der Waals surface area contributed by atoms with Crippen LogP contribution in [0.25, 0.3) is 0 Å². The third kappa shape index (κ3) is 3.16. The first-order valence-corrected chi connectivity index (χ1v) is 8.25. The van der Waals surface area contributed by atoms with E-state index in [-0.39, 0.29) is 51.6 Å². The second-order valence-electron chi connectivity index (χ2n) is 5.93. The standard InChI is InChI=1S/C17H15N9O4/c1-29-10-4-7(3-9(26(27)28)14(10)30-2)13-11-12(20)8(5-18)15(21)24-16(11)25-17(23-13)22-6-19/h3-4,13H,1-2H3,(H6,20,21,22,23,24,25). The molecule has 2 heterocycles. The van der Waals surface area contributed by atoms with Crippen molar-refractivity contribution < 1.29 is 14.4 Å². The van der Waals surface area contributed by atoms with Gasteiger partial charge in [-0.15, -0.1) is 0 Å². The van der Waals surface area contributed by atoms with Crippen LogP contribution in [0.15, 0.2) is 17.1 Å². The highest BCUT2D eigenvalue weighted by molar-refractivity contribution is 5.98. The average molecular weight is 409 g/mol. The molecular formula is C17H15N9O4. The Morgan fingerprint density at radius 2 is 2.03 bits per heavy atom. The minimum atomic E-state index is -0.962. The van der Waals surface area contributed by atoms with Crippen LogP contribution in [0, 0.1) is 32.9 Å². The van der Waals surface area contributed by atoms with Gasteiger partial charge in [0.15, 0.2) is 11.9 Å². The van der Waals surface area contributed by atoms with Gasteiger partial charge in [0.25, 0.3) is 0 Å². The Kier molecular flexibility index (Phi) is 5.12. The second kappa shape index (κ2) is 7.69. The van der Waals surface area contributed by atoms with Crippen LogP contribution in [0.5, 0.6) is 11.5 Å². The number of benzene rings is 1. The zero-order chi connectivity index (χ0) is 22.0. The first kappa shape index (κ1) is 20.0. The number of fused-ring (bicyclic) bond motifs is 1. The lowest BCUT2D eigenvalue weighted by atomic mass is 9.94. The number of nitrogens with two attached hydrogens (primary N) is 2. The molecule has 3 rings (SSSR count). The van der Waals surface area contributed by atoms with Crippen molar-refractivity contribution in [3.8, 4) is 23.8 Å². The Morgan fingerprint density at radius 3 is 2.60 bits per heavy atom. The first-order chi connectivity index (χ1) is 14.4. The zero-order valence-corrected chi connectivity index (χ0v) is 15.8. The number of aromatic nitrogens is 1. The van der Waals surface area contributed by atoms with Crippen LogP contribution in [0.4, 0.5) is 23.0 Å². The topological polar surface area (TPSA) is 211 Å². The molecule has 0 radical (unpaired) electrons. The minimum Gasteiger partial charge on any atom is -0.493 e. The summed E-state index contributed by atoms with van der Waals surface area (Å²) in [6.07, 6.45) is 1.72. The molecule has 1 atom stereocenters. The third-order valence-electron chi connectivity index (χ3n) is 4.35. The molecule has 6 N–H and O–H groups in total. The van der Waals surface area contributed by atoms with E-state index in [1.54, 1.807) is 6.19 Å². The van der Waals surface area contributed by atoms with E-state index in [0.29, 0.717) is 5.56 Å². The van der Waals surface area contributed by atoms with E-state index in [1.165, 1.54) is 26.4 Å². The number of nitro groups is 1. The van der Waals surface area contributed by atoms with Crippen molar-refractivity contribution in [2.45, 2.75) is 6.04 Å². The maximum atomic E-state index is 11.6. The number of hydrogen-bond acceptors (Lipinski definition) is 12. The highest BCUT2D eigenvalue weighted by atomic mass is 16.6. The number of nitriles is 2. The van der Waals surface area contributed by atoms with Crippen LogP contribution in [-0.4, -0.2) is 30.1 Å². The highest BCUT2D eigenvalue weighted by Gasteiger charge is 2.32. The number of nitrogens with one attached hydrogen (secondary N) is 2. The number of aliphatic imine (C=N–C) groups is 1. The quantitative estimate of drug-likeness (QED) is 0.242. The fraction of sp³-hybridized carbons (Fsp3) is 0.176. The summed E-state index contributed by atoms with van der Waals surface area (Å²) < 4.78 is 10.3. The minimum absolute atomic E-state index is 0.00898. The number of methoxy groups -OCH3 is 2. The maximum Gasteiger partial charge on any atom is 0.315 e. The molecule has 13 nitrogen and oxygen atoms in total. The Labute approximate surface area is 169 Å². The molecule has 2 aromatic rings. The summed E-state index contributed by atoms with van der Waals surface area (Å²) in [6.45, 7) is 0. The molecule has 1 unspecified atom stereocenters. The zero-order valence-electron chi connectivity index (χ0n) is 15.8. The van der Waals surface area contributed by atoms with Crippen molar-refractivity contribution in [3.63, 3.8) is 0 Å². The van der Waals surface area contributed by atoms with Gasteiger partial charge in [0.2, 0.25) is 11.7 Å². The van der Waals surface area contributed by atoms with Gasteiger partial charge in [-0.1, -0.05) is 0 Å². The van der Waals surface area contributed by atoms with E-state index >= 15 is 0 Å². The van der Waals surface area contributed by atoms with Gasteiger partial charge in [-0.3, -0.25) is 15.4 Å². The van der Waals surface area contributed by atoms with Crippen LogP contribution < -0.4 is 31.6 Å². The Balaban J connectivity index is 2.33. The molecular weight excluding hydrogens is 394 g/mol. The van der Waals surface area contributed by atoms with E-state index in [0.717, 1.165) is 0 Å². The van der Waals surface area contributed by atoms with Gasteiger partial charge in [0, 0.05) is 11.6 Å². The van der Waals surface area contributed by atoms with Crippen molar-refractivity contribution >= 4 is 29.0 Å². The predicted octanol–water partition coefficient (Wildman–Crippen LogP) is 0.985. The van der Waals surface area contributed by atoms with E-state index < -0.39 is 11.0 Å². The summed E-state index contributed by atoms with van der Waals surface area (Å²) in [6, 6.07) is 3.65. The van der Waals surface area contributed by atoms with E-state index in [4.69, 9.17) is 26.2 Å². The lowest BCUT2D eigenvalue weighted by Crippen LogP contribution is -2.32. The average Bonchev–Trinajstić information content (AvgIpc) is 2.72. The number of hydrogen-bond donors (Lipinski definition) is 4. The lowest BCUT2D eigenvalue weighted by molar-refractivity contribution is -0.385. The van der Waals surface area contributed by atoms with Crippen molar-refractivity contribution in [2.75, 3.05) is 31.0 Å². The molecule has 1 aliphatic rings. The van der Waals surface area contributed by atoms with Crippen LogP contribution in [0.3, 0.4) is 0 Å². The van der Waals surface area contributed by atoms with Crippen LogP contribution in [0.2, 0.25) is 0 Å². The number of nitrogens with zero attached hydrogens (tertiary/aromatic N) is 5. The molecule has 1 aliphatic heterocycles. The second-order valence-corrected chi connectivity index (χ2v) is 5.93. The molecule has 0 saturated heterocycles. The fourth-order valence-electron chi connectivity index (χ4n) is 3.08. The molecule has 1 aromatic carbocycles. The smallest absolute Gasteiger partial charge is 0.315 e. The van der Waals surface area contributed by atoms with Crippen molar-refractivity contribution in [1.82, 2.24) is 10.3 Å². The molecule has 0 bridgehead atoms. The van der Waals surface area contributed by atoms with Crippen LogP contribution >= 0.6 is 0 Å². The molecule has 0 saturated carbocycles. The van der Waals surface area contributed by atoms with E-state index in [1.807, 2.05) is 6.07 Å². The molecule has 0 fully saturated rings. The van der Waals surface area contributed by atoms with Crippen LogP contribution in [0.1, 0.15) is 22.7 Å². The fourth-order valence-corrected chi connectivity index (χ4v) is 3.08. The Morgan fingerprint density at radius 1 is 1.30 bits per heavy atom. The molecule has 152 valence electrons. The van der Waals surface area contributed by atoms with Crippen molar-refractivity contribution in [3.05, 3.63) is 38.9 Å². The van der Waals surface area contributed by atoms with Gasteiger partial charge >= 0.3 is 5.69 Å². The van der Waals surface area contributed by atoms with Gasteiger partial charge < -0.3 is 26.3 Å². The highest BCUT2D eigenvalue weighted by Crippen LogP contribution is 2.45. The van der Waals surface area contributed by atoms with Crippen LogP contribution in [-0.2, 0) is 0 Å². The third-order valence-corrected chi connectivity index (χ3v) is 4.35.